The van der Waals surface area contributed by atoms with Gasteiger partial charge in [-0.2, -0.15) is 13.2 Å². The fourth-order valence-electron chi connectivity index (χ4n) is 1.98. The summed E-state index contributed by atoms with van der Waals surface area (Å²) in [4.78, 5) is 10.8. The molecule has 1 aliphatic rings. The van der Waals surface area contributed by atoms with Crippen LogP contribution >= 0.6 is 0 Å². The van der Waals surface area contributed by atoms with Crippen LogP contribution in [0.4, 0.5) is 13.2 Å². The van der Waals surface area contributed by atoms with Gasteiger partial charge in [0.25, 0.3) is 0 Å². The number of carbonyl (C=O) groups is 1. The molecule has 1 aliphatic heterocycles. The van der Waals surface area contributed by atoms with Crippen molar-refractivity contribution in [1.29, 1.82) is 0 Å². The fourth-order valence-corrected chi connectivity index (χ4v) is 1.98. The second-order valence-corrected chi connectivity index (χ2v) is 4.31. The van der Waals surface area contributed by atoms with Gasteiger partial charge in [0, 0.05) is 0 Å². The van der Waals surface area contributed by atoms with Crippen LogP contribution < -0.4 is 5.32 Å². The molecule has 1 aromatic rings. The van der Waals surface area contributed by atoms with Gasteiger partial charge in [0.15, 0.2) is 0 Å². The number of aliphatic hydroxyl groups excluding tert-OH is 1. The van der Waals surface area contributed by atoms with Crippen molar-refractivity contribution in [1.82, 2.24) is 5.32 Å². The molecule has 6 heteroatoms. The lowest BCUT2D eigenvalue weighted by molar-refractivity contribution is -0.199. The third-order valence-corrected chi connectivity index (χ3v) is 2.94. The van der Waals surface area contributed by atoms with Crippen molar-refractivity contribution >= 4 is 5.91 Å². The zero-order valence-electron chi connectivity index (χ0n) is 9.32. The maximum absolute atomic E-state index is 12.8. The standard InChI is InChI=1S/C12H12F3NO2.CH4/c13-12(14,15)9(10-11(18)16-10)8(17)6-7-4-2-1-3-5-7;/h1-5,8-10,17H,6H2,(H,16,18);1H4/t8-,9+,10-;/m0./s1. The minimum Gasteiger partial charge on any atom is -0.392 e. The highest BCUT2D eigenvalue weighted by molar-refractivity contribution is 5.97. The molecule has 3 atom stereocenters. The number of carbonyl (C=O) groups excluding carboxylic acids is 1. The van der Waals surface area contributed by atoms with E-state index in [1.807, 2.05) is 0 Å². The molecule has 0 saturated carbocycles. The molecule has 2 rings (SSSR count). The molecule has 1 aromatic carbocycles. The van der Waals surface area contributed by atoms with Gasteiger partial charge in [0.2, 0.25) is 5.91 Å². The molecule has 0 unspecified atom stereocenters. The average molecular weight is 275 g/mol. The molecule has 0 bridgehead atoms. The molecule has 106 valence electrons. The zero-order chi connectivity index (χ0) is 13.3. The van der Waals surface area contributed by atoms with E-state index in [0.29, 0.717) is 5.56 Å². The number of alkyl halides is 3. The Morgan fingerprint density at radius 1 is 1.26 bits per heavy atom. The Balaban J connectivity index is 0.00000180. The van der Waals surface area contributed by atoms with Gasteiger partial charge >= 0.3 is 6.18 Å². The average Bonchev–Trinajstić information content (AvgIpc) is 2.94. The molecule has 1 amide bonds. The maximum atomic E-state index is 12.8. The van der Waals surface area contributed by atoms with E-state index in [1.54, 1.807) is 30.3 Å². The van der Waals surface area contributed by atoms with Gasteiger partial charge < -0.3 is 10.4 Å². The van der Waals surface area contributed by atoms with Gasteiger partial charge in [-0.05, 0) is 12.0 Å². The molecule has 0 radical (unpaired) electrons. The van der Waals surface area contributed by atoms with Gasteiger partial charge in [-0.3, -0.25) is 4.79 Å². The van der Waals surface area contributed by atoms with Crippen LogP contribution in [0.25, 0.3) is 0 Å². The first-order chi connectivity index (χ1) is 8.39. The summed E-state index contributed by atoms with van der Waals surface area (Å²) in [6.45, 7) is 0. The Hall–Kier alpha value is -1.56. The second kappa shape index (κ2) is 5.61. The minimum atomic E-state index is -4.60. The summed E-state index contributed by atoms with van der Waals surface area (Å²) in [7, 11) is 0. The summed E-state index contributed by atoms with van der Waals surface area (Å²) in [6, 6.07) is 7.08. The second-order valence-electron chi connectivity index (χ2n) is 4.31. The van der Waals surface area contributed by atoms with E-state index in [-0.39, 0.29) is 13.8 Å². The van der Waals surface area contributed by atoms with Crippen molar-refractivity contribution < 1.29 is 23.1 Å². The summed E-state index contributed by atoms with van der Waals surface area (Å²) >= 11 is 0. The van der Waals surface area contributed by atoms with Crippen LogP contribution in [-0.2, 0) is 11.2 Å². The summed E-state index contributed by atoms with van der Waals surface area (Å²) in [6.07, 6.45) is -6.36. The molecular weight excluding hydrogens is 259 g/mol. The van der Waals surface area contributed by atoms with Crippen molar-refractivity contribution in [3.8, 4) is 0 Å². The van der Waals surface area contributed by atoms with Crippen molar-refractivity contribution in [3.05, 3.63) is 35.9 Å². The van der Waals surface area contributed by atoms with Gasteiger partial charge in [0.05, 0.1) is 6.10 Å². The summed E-state index contributed by atoms with van der Waals surface area (Å²) in [5.74, 6) is -2.71. The molecule has 0 aliphatic carbocycles. The highest BCUT2D eigenvalue weighted by Crippen LogP contribution is 2.36. The van der Waals surface area contributed by atoms with Crippen LogP contribution in [-0.4, -0.2) is 29.3 Å². The van der Waals surface area contributed by atoms with Crippen molar-refractivity contribution in [2.45, 2.75) is 32.2 Å². The zero-order valence-corrected chi connectivity index (χ0v) is 9.32. The highest BCUT2D eigenvalue weighted by Gasteiger charge is 2.57. The predicted molar refractivity (Wildman–Crippen MR) is 64.4 cm³/mol. The molecule has 2 N–H and O–H groups in total. The summed E-state index contributed by atoms with van der Waals surface area (Å²) in [5.41, 5.74) is 0.604. The van der Waals surface area contributed by atoms with Crippen LogP contribution in [0.2, 0.25) is 0 Å². The third kappa shape index (κ3) is 3.70. The Labute approximate surface area is 109 Å². The number of hydrogen-bond acceptors (Lipinski definition) is 2. The SMILES string of the molecule is C.O=C1N[C@H]1[C@@H]([C@@H](O)Cc1ccccc1)C(F)(F)F. The molecule has 19 heavy (non-hydrogen) atoms. The van der Waals surface area contributed by atoms with Crippen LogP contribution in [0, 0.1) is 5.92 Å². The van der Waals surface area contributed by atoms with Crippen LogP contribution in [0.5, 0.6) is 0 Å². The fraction of sp³-hybridized carbons (Fsp3) is 0.462. The Morgan fingerprint density at radius 2 is 1.79 bits per heavy atom. The number of benzene rings is 1. The number of rotatable bonds is 4. The lowest BCUT2D eigenvalue weighted by atomic mass is 9.92. The number of halogens is 3. The lowest BCUT2D eigenvalue weighted by Gasteiger charge is -2.23. The first-order valence-electron chi connectivity index (χ1n) is 5.48. The first kappa shape index (κ1) is 15.5. The normalized spacial score (nSPS) is 21.1. The van der Waals surface area contributed by atoms with Crippen molar-refractivity contribution in [2.24, 2.45) is 5.92 Å². The Bertz CT molecular complexity index is 433. The molecular formula is C13H16F3NO2. The van der Waals surface area contributed by atoms with Crippen LogP contribution in [0.1, 0.15) is 13.0 Å². The highest BCUT2D eigenvalue weighted by atomic mass is 19.4. The van der Waals surface area contributed by atoms with E-state index in [4.69, 9.17) is 0 Å². The van der Waals surface area contributed by atoms with Gasteiger partial charge in [-0.1, -0.05) is 37.8 Å². The largest absolute Gasteiger partial charge is 0.396 e. The molecule has 3 nitrogen and oxygen atoms in total. The molecule has 0 spiro atoms. The van der Waals surface area contributed by atoms with Gasteiger partial charge in [-0.25, -0.2) is 0 Å². The molecule has 1 heterocycles. The van der Waals surface area contributed by atoms with E-state index >= 15 is 0 Å². The number of amides is 1. The van der Waals surface area contributed by atoms with Crippen LogP contribution in [0.15, 0.2) is 30.3 Å². The molecule has 0 aromatic heterocycles. The molecule has 1 fully saturated rings. The van der Waals surface area contributed by atoms with E-state index < -0.39 is 30.1 Å². The summed E-state index contributed by atoms with van der Waals surface area (Å²) < 4.78 is 38.4. The Morgan fingerprint density at radius 3 is 2.21 bits per heavy atom. The van der Waals surface area contributed by atoms with E-state index in [1.165, 1.54) is 0 Å². The minimum absolute atomic E-state index is 0. The molecule has 1 saturated heterocycles. The number of nitrogens with one attached hydrogen (secondary N) is 1. The van der Waals surface area contributed by atoms with Gasteiger partial charge in [0.1, 0.15) is 12.0 Å². The monoisotopic (exact) mass is 275 g/mol. The third-order valence-electron chi connectivity index (χ3n) is 2.94. The van der Waals surface area contributed by atoms with E-state index in [9.17, 15) is 23.1 Å². The topological polar surface area (TPSA) is 59.2 Å². The van der Waals surface area contributed by atoms with Crippen molar-refractivity contribution in [3.63, 3.8) is 0 Å². The smallest absolute Gasteiger partial charge is 0.392 e. The van der Waals surface area contributed by atoms with E-state index in [2.05, 4.69) is 5.32 Å². The predicted octanol–water partition coefficient (Wildman–Crippen LogP) is 1.90. The quantitative estimate of drug-likeness (QED) is 0.825. The van der Waals surface area contributed by atoms with Crippen LogP contribution in [0.3, 0.4) is 0 Å². The maximum Gasteiger partial charge on any atom is 0.396 e. The van der Waals surface area contributed by atoms with E-state index in [0.717, 1.165) is 0 Å². The number of hydrogen-bond donors (Lipinski definition) is 2. The van der Waals surface area contributed by atoms with Crippen molar-refractivity contribution in [2.75, 3.05) is 0 Å². The lowest BCUT2D eigenvalue weighted by Crippen LogP contribution is -2.40. The number of aliphatic hydroxyl groups is 1. The Kier molecular flexibility index (Phi) is 4.57. The van der Waals surface area contributed by atoms with Gasteiger partial charge in [-0.15, -0.1) is 0 Å². The summed E-state index contributed by atoms with van der Waals surface area (Å²) in [5, 5.41) is 11.8. The first-order valence-corrected chi connectivity index (χ1v) is 5.48.